The van der Waals surface area contributed by atoms with Gasteiger partial charge in [-0.3, -0.25) is 14.0 Å². The maximum Gasteiger partial charge on any atom is 0.309 e. The summed E-state index contributed by atoms with van der Waals surface area (Å²) in [5, 5.41) is 1.02. The van der Waals surface area contributed by atoms with E-state index in [0.29, 0.717) is 11.5 Å². The maximum absolute atomic E-state index is 12.3. The number of fused-ring (bicyclic) bond motifs is 1. The minimum absolute atomic E-state index is 0.308. The first-order valence-electron chi connectivity index (χ1n) is 6.79. The first-order chi connectivity index (χ1) is 10.0. The van der Waals surface area contributed by atoms with Gasteiger partial charge in [-0.25, -0.2) is 0 Å². The normalized spacial score (nSPS) is 13.9. The summed E-state index contributed by atoms with van der Waals surface area (Å²) in [7, 11) is 0.233. The zero-order chi connectivity index (χ0) is 15.4. The lowest BCUT2D eigenvalue weighted by atomic mass is 10.1. The monoisotopic (exact) mass is 305 g/mol. The molecule has 0 aliphatic heterocycles. The van der Waals surface area contributed by atoms with Gasteiger partial charge in [-0.1, -0.05) is 25.1 Å². The third-order valence-corrected chi connectivity index (χ3v) is 4.79. The second kappa shape index (κ2) is 6.80. The van der Waals surface area contributed by atoms with Gasteiger partial charge in [-0.15, -0.1) is 0 Å². The summed E-state index contributed by atoms with van der Waals surface area (Å²) in [5.41, 5.74) is 2.82. The Kier molecular flexibility index (Phi) is 5.07. The number of ether oxygens (including phenoxy) is 1. The number of aryl methyl sites for hydroxylation is 1. The highest BCUT2D eigenvalue weighted by Crippen LogP contribution is 2.20. The minimum atomic E-state index is -1.12. The number of benzene rings is 1. The van der Waals surface area contributed by atoms with Crippen LogP contribution in [0.1, 0.15) is 18.2 Å². The largest absolute Gasteiger partial charge is 0.469 e. The lowest BCUT2D eigenvalue weighted by Gasteiger charge is -2.11. The van der Waals surface area contributed by atoms with Gasteiger partial charge in [0.05, 0.1) is 18.5 Å². The molecule has 0 amide bonds. The van der Waals surface area contributed by atoms with Crippen molar-refractivity contribution in [3.63, 3.8) is 0 Å². The van der Waals surface area contributed by atoms with Crippen LogP contribution in [0, 0.1) is 12.8 Å². The van der Waals surface area contributed by atoms with Crippen molar-refractivity contribution in [3.05, 3.63) is 41.6 Å². The molecule has 5 heteroatoms. The molecule has 2 rings (SSSR count). The van der Waals surface area contributed by atoms with Gasteiger partial charge >= 0.3 is 5.97 Å². The van der Waals surface area contributed by atoms with Crippen molar-refractivity contribution < 1.29 is 13.7 Å². The van der Waals surface area contributed by atoms with Gasteiger partial charge in [0.1, 0.15) is 0 Å². The van der Waals surface area contributed by atoms with E-state index in [-0.39, 0.29) is 11.9 Å². The molecule has 0 spiro atoms. The minimum Gasteiger partial charge on any atom is -0.469 e. The lowest BCUT2D eigenvalue weighted by molar-refractivity contribution is -0.144. The molecule has 21 heavy (non-hydrogen) atoms. The molecule has 0 radical (unpaired) electrons. The van der Waals surface area contributed by atoms with Crippen LogP contribution in [-0.2, 0) is 26.1 Å². The predicted molar refractivity (Wildman–Crippen MR) is 84.4 cm³/mol. The van der Waals surface area contributed by atoms with E-state index in [1.54, 1.807) is 6.92 Å². The molecule has 2 aromatic rings. The number of pyridine rings is 1. The Labute approximate surface area is 127 Å². The number of hydrogen-bond donors (Lipinski definition) is 0. The molecule has 0 fully saturated rings. The zero-order valence-electron chi connectivity index (χ0n) is 12.5. The number of carbonyl (C=O) groups excluding carboxylic acids is 1. The van der Waals surface area contributed by atoms with Crippen molar-refractivity contribution in [1.29, 1.82) is 0 Å². The van der Waals surface area contributed by atoms with Crippen LogP contribution in [0.3, 0.4) is 0 Å². The number of carbonyl (C=O) groups is 1. The average Bonchev–Trinajstić information content (AvgIpc) is 2.45. The van der Waals surface area contributed by atoms with Crippen molar-refractivity contribution in [2.75, 3.05) is 12.9 Å². The molecule has 0 saturated heterocycles. The molecular formula is C16H19NO3S. The molecule has 0 saturated carbocycles. The molecule has 1 heterocycles. The number of nitrogens with zero attached hydrogens (tertiary/aromatic N) is 1. The van der Waals surface area contributed by atoms with Gasteiger partial charge in [-0.05, 0) is 24.6 Å². The molecule has 2 atom stereocenters. The van der Waals surface area contributed by atoms with E-state index in [1.807, 2.05) is 37.3 Å². The Balaban J connectivity index is 2.20. The number of esters is 1. The molecular weight excluding hydrogens is 286 g/mol. The quantitative estimate of drug-likeness (QED) is 0.797. The maximum atomic E-state index is 12.3. The fraction of sp³-hybridized carbons (Fsp3) is 0.375. The van der Waals surface area contributed by atoms with Crippen LogP contribution < -0.4 is 0 Å². The van der Waals surface area contributed by atoms with Gasteiger partial charge in [-0.2, -0.15) is 0 Å². The summed E-state index contributed by atoms with van der Waals surface area (Å²) in [4.78, 5) is 15.9. The second-order valence-electron chi connectivity index (χ2n) is 5.11. The molecule has 112 valence electrons. The number of methoxy groups -OCH3 is 1. The number of para-hydroxylation sites is 1. The van der Waals surface area contributed by atoms with Crippen molar-refractivity contribution >= 4 is 27.7 Å². The van der Waals surface area contributed by atoms with Crippen LogP contribution in [0.4, 0.5) is 0 Å². The second-order valence-corrected chi connectivity index (χ2v) is 6.62. The fourth-order valence-corrected chi connectivity index (χ4v) is 3.69. The highest BCUT2D eigenvalue weighted by atomic mass is 32.2. The van der Waals surface area contributed by atoms with Gasteiger partial charge in [0.25, 0.3) is 0 Å². The topological polar surface area (TPSA) is 56.3 Å². The SMILES string of the molecule is COC(=O)C(C)CS(=O)Cc1cc(C)nc2ccccc12. The Morgan fingerprint density at radius 1 is 1.38 bits per heavy atom. The number of aromatic nitrogens is 1. The van der Waals surface area contributed by atoms with Crippen LogP contribution in [0.25, 0.3) is 10.9 Å². The molecule has 0 aliphatic rings. The van der Waals surface area contributed by atoms with Gasteiger partial charge in [0.2, 0.25) is 0 Å². The van der Waals surface area contributed by atoms with E-state index >= 15 is 0 Å². The molecule has 1 aromatic heterocycles. The van der Waals surface area contributed by atoms with Crippen LogP contribution in [0.15, 0.2) is 30.3 Å². The van der Waals surface area contributed by atoms with Gasteiger partial charge in [0, 0.05) is 33.4 Å². The molecule has 0 N–H and O–H groups in total. The van der Waals surface area contributed by atoms with E-state index in [4.69, 9.17) is 0 Å². The zero-order valence-corrected chi connectivity index (χ0v) is 13.3. The third kappa shape index (κ3) is 3.88. The summed E-state index contributed by atoms with van der Waals surface area (Å²) < 4.78 is 17.0. The standard InChI is InChI=1S/C16H19NO3S/c1-11(16(18)20-3)9-21(19)10-13-8-12(2)17-15-7-5-4-6-14(13)15/h4-8,11H,9-10H2,1-3H3. The van der Waals surface area contributed by atoms with Crippen molar-refractivity contribution in [1.82, 2.24) is 4.98 Å². The van der Waals surface area contributed by atoms with E-state index in [9.17, 15) is 9.00 Å². The highest BCUT2D eigenvalue weighted by molar-refractivity contribution is 7.84. The molecule has 0 bridgehead atoms. The summed E-state index contributed by atoms with van der Waals surface area (Å²) in [6.45, 7) is 3.66. The Bertz CT molecular complexity index is 684. The Morgan fingerprint density at radius 3 is 2.81 bits per heavy atom. The van der Waals surface area contributed by atoms with Crippen molar-refractivity contribution in [3.8, 4) is 0 Å². The first-order valence-corrected chi connectivity index (χ1v) is 8.28. The van der Waals surface area contributed by atoms with Crippen LogP contribution >= 0.6 is 0 Å². The fourth-order valence-electron chi connectivity index (χ4n) is 2.29. The van der Waals surface area contributed by atoms with Crippen LogP contribution in [-0.4, -0.2) is 28.0 Å². The van der Waals surface area contributed by atoms with Crippen molar-refractivity contribution in [2.24, 2.45) is 5.92 Å². The summed E-state index contributed by atoms with van der Waals surface area (Å²) in [6, 6.07) is 9.78. The average molecular weight is 305 g/mol. The van der Waals surface area contributed by atoms with Crippen LogP contribution in [0.2, 0.25) is 0 Å². The number of hydrogen-bond acceptors (Lipinski definition) is 4. The van der Waals surface area contributed by atoms with E-state index in [1.165, 1.54) is 7.11 Å². The number of rotatable bonds is 5. The molecule has 0 aliphatic carbocycles. The Hall–Kier alpha value is -1.75. The summed E-state index contributed by atoms with van der Waals surface area (Å²) >= 11 is 0. The summed E-state index contributed by atoms with van der Waals surface area (Å²) in [5.74, 6) is 0.0530. The molecule has 4 nitrogen and oxygen atoms in total. The highest BCUT2D eigenvalue weighted by Gasteiger charge is 2.17. The third-order valence-electron chi connectivity index (χ3n) is 3.29. The lowest BCUT2D eigenvalue weighted by Crippen LogP contribution is -2.20. The molecule has 1 aromatic carbocycles. The summed E-state index contributed by atoms with van der Waals surface area (Å²) in [6.07, 6.45) is 0. The van der Waals surface area contributed by atoms with E-state index < -0.39 is 10.8 Å². The van der Waals surface area contributed by atoms with Gasteiger partial charge in [0.15, 0.2) is 0 Å². The Morgan fingerprint density at radius 2 is 2.10 bits per heavy atom. The predicted octanol–water partition coefficient (Wildman–Crippen LogP) is 2.60. The van der Waals surface area contributed by atoms with Crippen molar-refractivity contribution in [2.45, 2.75) is 19.6 Å². The van der Waals surface area contributed by atoms with Crippen LogP contribution in [0.5, 0.6) is 0 Å². The molecule has 2 unspecified atom stereocenters. The van der Waals surface area contributed by atoms with Gasteiger partial charge < -0.3 is 4.74 Å². The van der Waals surface area contributed by atoms with E-state index in [0.717, 1.165) is 22.2 Å². The first kappa shape index (κ1) is 15.6. The van der Waals surface area contributed by atoms with E-state index in [2.05, 4.69) is 9.72 Å². The smallest absolute Gasteiger partial charge is 0.309 e.